The summed E-state index contributed by atoms with van der Waals surface area (Å²) in [6.45, 7) is 1.68. The van der Waals surface area contributed by atoms with E-state index in [2.05, 4.69) is 5.32 Å². The molecule has 21 heavy (non-hydrogen) atoms. The van der Waals surface area contributed by atoms with Gasteiger partial charge in [0.15, 0.2) is 0 Å². The molecule has 0 saturated heterocycles. The molecule has 1 amide bonds. The molecule has 0 atom stereocenters. The number of para-hydroxylation sites is 1. The van der Waals surface area contributed by atoms with Gasteiger partial charge in [0.1, 0.15) is 5.75 Å². The highest BCUT2D eigenvalue weighted by atomic mass is 16.6. The third-order valence-electron chi connectivity index (χ3n) is 3.18. The molecule has 6 nitrogen and oxygen atoms in total. The Morgan fingerprint density at radius 3 is 2.62 bits per heavy atom. The van der Waals surface area contributed by atoms with Crippen LogP contribution in [0.2, 0.25) is 0 Å². The molecule has 0 unspecified atom stereocenters. The van der Waals surface area contributed by atoms with Gasteiger partial charge >= 0.3 is 0 Å². The minimum Gasteiger partial charge on any atom is -0.508 e. The molecule has 0 spiro atoms. The Bertz CT molecular complexity index is 698. The van der Waals surface area contributed by atoms with E-state index in [0.29, 0.717) is 11.1 Å². The average Bonchev–Trinajstić information content (AvgIpc) is 2.46. The molecule has 0 aliphatic carbocycles. The SMILES string of the molecule is Cc1c(C(=O)NCc2ccccc2O)cccc1[N+](=O)[O-]. The number of hydrogen-bond acceptors (Lipinski definition) is 4. The predicted molar refractivity (Wildman–Crippen MR) is 77.1 cm³/mol. The maximum absolute atomic E-state index is 12.1. The van der Waals surface area contributed by atoms with E-state index in [0.717, 1.165) is 0 Å². The molecule has 2 aromatic rings. The number of hydrogen-bond donors (Lipinski definition) is 2. The molecule has 6 heteroatoms. The molecule has 0 aliphatic heterocycles. The van der Waals surface area contributed by atoms with Gasteiger partial charge < -0.3 is 10.4 Å². The van der Waals surface area contributed by atoms with Gasteiger partial charge in [0.05, 0.1) is 4.92 Å². The van der Waals surface area contributed by atoms with Crippen LogP contribution in [-0.2, 0) is 6.54 Å². The van der Waals surface area contributed by atoms with Crippen LogP contribution in [0.4, 0.5) is 5.69 Å². The zero-order valence-electron chi connectivity index (χ0n) is 11.4. The van der Waals surface area contributed by atoms with E-state index in [1.54, 1.807) is 18.2 Å². The van der Waals surface area contributed by atoms with Crippen molar-refractivity contribution in [1.82, 2.24) is 5.32 Å². The Labute approximate surface area is 121 Å². The lowest BCUT2D eigenvalue weighted by molar-refractivity contribution is -0.385. The summed E-state index contributed by atoms with van der Waals surface area (Å²) in [7, 11) is 0. The van der Waals surface area contributed by atoms with E-state index in [-0.39, 0.29) is 23.5 Å². The smallest absolute Gasteiger partial charge is 0.273 e. The van der Waals surface area contributed by atoms with Crippen LogP contribution in [0.1, 0.15) is 21.5 Å². The van der Waals surface area contributed by atoms with Crippen molar-refractivity contribution in [3.8, 4) is 5.75 Å². The first-order valence-electron chi connectivity index (χ1n) is 6.29. The maximum Gasteiger partial charge on any atom is 0.273 e. The quantitative estimate of drug-likeness (QED) is 0.667. The second-order valence-corrected chi connectivity index (χ2v) is 4.52. The second-order valence-electron chi connectivity index (χ2n) is 4.52. The van der Waals surface area contributed by atoms with Crippen molar-refractivity contribution in [2.45, 2.75) is 13.5 Å². The van der Waals surface area contributed by atoms with E-state index in [1.807, 2.05) is 0 Å². The van der Waals surface area contributed by atoms with E-state index >= 15 is 0 Å². The Hall–Kier alpha value is -2.89. The van der Waals surface area contributed by atoms with Gasteiger partial charge in [-0.1, -0.05) is 24.3 Å². The molecule has 0 saturated carbocycles. The topological polar surface area (TPSA) is 92.5 Å². The average molecular weight is 286 g/mol. The lowest BCUT2D eigenvalue weighted by atomic mass is 10.1. The van der Waals surface area contributed by atoms with Crippen LogP contribution in [0.3, 0.4) is 0 Å². The number of aromatic hydroxyl groups is 1. The molecule has 0 bridgehead atoms. The summed E-state index contributed by atoms with van der Waals surface area (Å²) >= 11 is 0. The van der Waals surface area contributed by atoms with Gasteiger partial charge in [-0.25, -0.2) is 0 Å². The van der Waals surface area contributed by atoms with Crippen molar-refractivity contribution in [3.05, 3.63) is 69.3 Å². The van der Waals surface area contributed by atoms with Gasteiger partial charge in [-0.2, -0.15) is 0 Å². The number of amides is 1. The summed E-state index contributed by atoms with van der Waals surface area (Å²) in [5.41, 5.74) is 1.05. The summed E-state index contributed by atoms with van der Waals surface area (Å²) in [5.74, 6) is -0.326. The molecule has 108 valence electrons. The third-order valence-corrected chi connectivity index (χ3v) is 3.18. The van der Waals surface area contributed by atoms with Crippen LogP contribution in [0.25, 0.3) is 0 Å². The van der Waals surface area contributed by atoms with Crippen LogP contribution >= 0.6 is 0 Å². The first-order valence-corrected chi connectivity index (χ1v) is 6.29. The minimum atomic E-state index is -0.519. The zero-order valence-corrected chi connectivity index (χ0v) is 11.4. The second kappa shape index (κ2) is 6.04. The molecule has 2 N–H and O–H groups in total. The van der Waals surface area contributed by atoms with Gasteiger partial charge in [-0.15, -0.1) is 0 Å². The number of nitro benzene ring substituents is 1. The zero-order chi connectivity index (χ0) is 15.4. The molecular weight excluding hydrogens is 272 g/mol. The molecule has 0 fully saturated rings. The lowest BCUT2D eigenvalue weighted by Crippen LogP contribution is -2.23. The number of benzene rings is 2. The van der Waals surface area contributed by atoms with Crippen molar-refractivity contribution in [2.75, 3.05) is 0 Å². The van der Waals surface area contributed by atoms with Gasteiger partial charge in [-0.05, 0) is 19.1 Å². The van der Waals surface area contributed by atoms with Crippen molar-refractivity contribution < 1.29 is 14.8 Å². The first kappa shape index (κ1) is 14.5. The molecule has 0 aromatic heterocycles. The highest BCUT2D eigenvalue weighted by molar-refractivity contribution is 5.96. The normalized spacial score (nSPS) is 10.1. The highest BCUT2D eigenvalue weighted by Gasteiger charge is 2.17. The molecular formula is C15H14N2O4. The molecule has 0 heterocycles. The lowest BCUT2D eigenvalue weighted by Gasteiger charge is -2.09. The summed E-state index contributed by atoms with van der Waals surface area (Å²) in [5, 5.41) is 23.1. The summed E-state index contributed by atoms with van der Waals surface area (Å²) in [6, 6.07) is 11.0. The van der Waals surface area contributed by atoms with Crippen LogP contribution in [0.5, 0.6) is 5.75 Å². The van der Waals surface area contributed by atoms with Crippen molar-refractivity contribution >= 4 is 11.6 Å². The largest absolute Gasteiger partial charge is 0.508 e. The molecule has 0 aliphatic rings. The number of carbonyl (C=O) groups is 1. The molecule has 2 aromatic carbocycles. The van der Waals surface area contributed by atoms with Crippen molar-refractivity contribution in [2.24, 2.45) is 0 Å². The van der Waals surface area contributed by atoms with E-state index in [4.69, 9.17) is 0 Å². The summed E-state index contributed by atoms with van der Waals surface area (Å²) in [6.07, 6.45) is 0. The van der Waals surface area contributed by atoms with Gasteiger partial charge in [0.25, 0.3) is 11.6 Å². The molecule has 2 rings (SSSR count). The Balaban J connectivity index is 2.16. The van der Waals surface area contributed by atoms with E-state index in [1.165, 1.54) is 31.2 Å². The highest BCUT2D eigenvalue weighted by Crippen LogP contribution is 2.21. The van der Waals surface area contributed by atoms with Crippen molar-refractivity contribution in [3.63, 3.8) is 0 Å². The van der Waals surface area contributed by atoms with Crippen LogP contribution < -0.4 is 5.32 Å². The van der Waals surface area contributed by atoms with Crippen molar-refractivity contribution in [1.29, 1.82) is 0 Å². The number of nitro groups is 1. The minimum absolute atomic E-state index is 0.0913. The fourth-order valence-corrected chi connectivity index (χ4v) is 2.00. The van der Waals surface area contributed by atoms with Gasteiger partial charge in [0.2, 0.25) is 0 Å². The van der Waals surface area contributed by atoms with Gasteiger partial charge in [0, 0.05) is 29.3 Å². The Morgan fingerprint density at radius 1 is 1.24 bits per heavy atom. The summed E-state index contributed by atoms with van der Waals surface area (Å²) < 4.78 is 0. The Morgan fingerprint density at radius 2 is 1.95 bits per heavy atom. The van der Waals surface area contributed by atoms with E-state index in [9.17, 15) is 20.0 Å². The summed E-state index contributed by atoms with van der Waals surface area (Å²) in [4.78, 5) is 22.5. The first-order chi connectivity index (χ1) is 10.0. The monoisotopic (exact) mass is 286 g/mol. The van der Waals surface area contributed by atoms with E-state index < -0.39 is 10.8 Å². The van der Waals surface area contributed by atoms with Crippen LogP contribution in [0, 0.1) is 17.0 Å². The van der Waals surface area contributed by atoms with Crippen LogP contribution in [-0.4, -0.2) is 15.9 Å². The van der Waals surface area contributed by atoms with Crippen LogP contribution in [0.15, 0.2) is 42.5 Å². The fourth-order valence-electron chi connectivity index (χ4n) is 2.00. The number of carbonyl (C=O) groups excluding carboxylic acids is 1. The number of phenols is 1. The number of nitrogens with one attached hydrogen (secondary N) is 1. The molecule has 0 radical (unpaired) electrons. The maximum atomic E-state index is 12.1. The number of nitrogens with zero attached hydrogens (tertiary/aromatic N) is 1. The Kier molecular flexibility index (Phi) is 4.18. The fraction of sp³-hybridized carbons (Fsp3) is 0.133. The van der Waals surface area contributed by atoms with Gasteiger partial charge in [-0.3, -0.25) is 14.9 Å². The predicted octanol–water partition coefficient (Wildman–Crippen LogP) is 2.54. The number of phenolic OH excluding ortho intramolecular Hbond substituents is 1. The number of rotatable bonds is 4. The third kappa shape index (κ3) is 3.17. The standard InChI is InChI=1S/C15H14N2O4/c1-10-12(6-4-7-13(10)17(20)21)15(19)16-9-11-5-2-3-8-14(11)18/h2-8,18H,9H2,1H3,(H,16,19).